The van der Waals surface area contributed by atoms with Gasteiger partial charge in [-0.2, -0.15) is 5.01 Å². The molecule has 3 aromatic rings. The van der Waals surface area contributed by atoms with Crippen molar-refractivity contribution in [3.63, 3.8) is 0 Å². The maximum atomic E-state index is 12.9. The summed E-state index contributed by atoms with van der Waals surface area (Å²) in [6, 6.07) is 19.7. The molecule has 0 atom stereocenters. The van der Waals surface area contributed by atoms with E-state index in [1.54, 1.807) is 30.3 Å². The number of amides is 2. The molecule has 1 heterocycles. The van der Waals surface area contributed by atoms with Gasteiger partial charge in [0.2, 0.25) is 0 Å². The lowest BCUT2D eigenvalue weighted by Gasteiger charge is -2.15. The van der Waals surface area contributed by atoms with Gasteiger partial charge in [-0.3, -0.25) is 15.0 Å². The number of carbonyl (C=O) groups is 2. The summed E-state index contributed by atoms with van der Waals surface area (Å²) in [4.78, 5) is 25.7. The molecule has 5 nitrogen and oxygen atoms in total. The van der Waals surface area contributed by atoms with E-state index >= 15 is 0 Å². The Morgan fingerprint density at radius 2 is 1.74 bits per heavy atom. The number of rotatable bonds is 6. The summed E-state index contributed by atoms with van der Waals surface area (Å²) >= 11 is 19.4. The Labute approximate surface area is 227 Å². The molecule has 4 rings (SSSR count). The Balaban J connectivity index is 1.47. The maximum Gasteiger partial charge on any atom is 0.285 e. The minimum Gasteiger partial charge on any atom is -0.487 e. The summed E-state index contributed by atoms with van der Waals surface area (Å²) < 4.78 is 7.64. The van der Waals surface area contributed by atoms with Crippen LogP contribution < -0.4 is 10.2 Å². The molecular formula is C24H15Br2ClN2O3S2. The van der Waals surface area contributed by atoms with Crippen molar-refractivity contribution < 1.29 is 14.3 Å². The smallest absolute Gasteiger partial charge is 0.285 e. The second kappa shape index (κ2) is 11.0. The first-order valence-corrected chi connectivity index (χ1v) is 13.0. The van der Waals surface area contributed by atoms with Gasteiger partial charge in [0.15, 0.2) is 4.32 Å². The summed E-state index contributed by atoms with van der Waals surface area (Å²) in [6.07, 6.45) is 1.71. The number of hydrogen-bond acceptors (Lipinski definition) is 5. The number of hydrogen-bond donors (Lipinski definition) is 1. The van der Waals surface area contributed by atoms with Gasteiger partial charge >= 0.3 is 0 Å². The third-order valence-electron chi connectivity index (χ3n) is 4.66. The van der Waals surface area contributed by atoms with Crippen molar-refractivity contribution in [2.45, 2.75) is 6.61 Å². The quantitative estimate of drug-likeness (QED) is 0.233. The van der Waals surface area contributed by atoms with Gasteiger partial charge in [-0.05, 0) is 97.7 Å². The summed E-state index contributed by atoms with van der Waals surface area (Å²) in [5, 5.41) is 1.76. The standard InChI is InChI=1S/C24H15Br2ClN2O3S2/c25-18-10-15(11-19(26)21(18)32-13-14-6-8-17(27)9-7-14)12-20-23(31)29(24(33)34-20)28-22(30)16-4-2-1-3-5-16/h1-12H,13H2,(H,28,30)/b20-12+. The number of thiocarbonyl (C=S) groups is 1. The molecule has 1 aliphatic rings. The molecule has 3 aromatic carbocycles. The minimum absolute atomic E-state index is 0.251. The van der Waals surface area contributed by atoms with E-state index in [2.05, 4.69) is 37.3 Å². The molecule has 0 spiro atoms. The highest BCUT2D eigenvalue weighted by molar-refractivity contribution is 9.11. The van der Waals surface area contributed by atoms with Crippen LogP contribution >= 0.6 is 67.4 Å². The predicted molar refractivity (Wildman–Crippen MR) is 147 cm³/mol. The fraction of sp³-hybridized carbons (Fsp3) is 0.0417. The van der Waals surface area contributed by atoms with Crippen LogP contribution in [0.1, 0.15) is 21.5 Å². The summed E-state index contributed by atoms with van der Waals surface area (Å²) in [7, 11) is 0. The van der Waals surface area contributed by atoms with Gasteiger partial charge in [0.25, 0.3) is 11.8 Å². The van der Waals surface area contributed by atoms with Crippen molar-refractivity contribution >= 4 is 89.7 Å². The van der Waals surface area contributed by atoms with E-state index in [0.717, 1.165) is 36.8 Å². The maximum absolute atomic E-state index is 12.9. The van der Waals surface area contributed by atoms with Crippen LogP contribution in [-0.2, 0) is 11.4 Å². The SMILES string of the molecule is O=C(NN1C(=O)/C(=C\c2cc(Br)c(OCc3ccc(Cl)cc3)c(Br)c2)SC1=S)c1ccccc1. The highest BCUT2D eigenvalue weighted by atomic mass is 79.9. The average molecular weight is 639 g/mol. The Kier molecular flexibility index (Phi) is 8.10. The second-order valence-electron chi connectivity index (χ2n) is 7.05. The fourth-order valence-corrected chi connectivity index (χ4v) is 5.76. The Hall–Kier alpha value is -2.17. The van der Waals surface area contributed by atoms with E-state index < -0.39 is 11.8 Å². The van der Waals surface area contributed by atoms with Crippen molar-refractivity contribution in [3.05, 3.63) is 102 Å². The summed E-state index contributed by atoms with van der Waals surface area (Å²) in [5.74, 6) is -0.171. The lowest BCUT2D eigenvalue weighted by Crippen LogP contribution is -2.44. The Bertz CT molecular complexity index is 1280. The molecule has 0 unspecified atom stereocenters. The number of nitrogens with one attached hydrogen (secondary N) is 1. The average Bonchev–Trinajstić information content (AvgIpc) is 3.07. The largest absolute Gasteiger partial charge is 0.487 e. The topological polar surface area (TPSA) is 58.6 Å². The second-order valence-corrected chi connectivity index (χ2v) is 10.9. The highest BCUT2D eigenvalue weighted by Gasteiger charge is 2.33. The molecule has 10 heteroatoms. The van der Waals surface area contributed by atoms with E-state index in [1.165, 1.54) is 0 Å². The van der Waals surface area contributed by atoms with Crippen molar-refractivity contribution in [2.24, 2.45) is 0 Å². The van der Waals surface area contributed by atoms with Crippen molar-refractivity contribution in [3.8, 4) is 5.75 Å². The van der Waals surface area contributed by atoms with Crippen LogP contribution in [0.2, 0.25) is 5.02 Å². The van der Waals surface area contributed by atoms with Gasteiger partial charge < -0.3 is 4.74 Å². The Morgan fingerprint density at radius 3 is 2.38 bits per heavy atom. The molecule has 1 fully saturated rings. The highest BCUT2D eigenvalue weighted by Crippen LogP contribution is 2.38. The van der Waals surface area contributed by atoms with Crippen LogP contribution in [0.15, 0.2) is 80.6 Å². The number of halogens is 3. The molecule has 34 heavy (non-hydrogen) atoms. The van der Waals surface area contributed by atoms with Crippen LogP contribution in [-0.4, -0.2) is 21.1 Å². The first-order valence-electron chi connectivity index (χ1n) is 9.82. The number of nitrogens with zero attached hydrogens (tertiary/aromatic N) is 1. The molecule has 0 saturated carbocycles. The van der Waals surface area contributed by atoms with E-state index in [1.807, 2.05) is 42.5 Å². The van der Waals surface area contributed by atoms with Gasteiger partial charge in [0.05, 0.1) is 13.9 Å². The minimum atomic E-state index is -0.411. The third-order valence-corrected chi connectivity index (χ3v) is 7.39. The first kappa shape index (κ1) is 24.9. The zero-order valence-corrected chi connectivity index (χ0v) is 22.8. The van der Waals surface area contributed by atoms with Gasteiger partial charge in [0.1, 0.15) is 12.4 Å². The number of ether oxygens (including phenoxy) is 1. The number of thioether (sulfide) groups is 1. The van der Waals surface area contributed by atoms with Crippen LogP contribution in [0.25, 0.3) is 6.08 Å². The van der Waals surface area contributed by atoms with Crippen LogP contribution in [0.5, 0.6) is 5.75 Å². The molecule has 0 aromatic heterocycles. The van der Waals surface area contributed by atoms with Crippen LogP contribution in [0.3, 0.4) is 0 Å². The van der Waals surface area contributed by atoms with Crippen molar-refractivity contribution in [1.82, 2.24) is 10.4 Å². The zero-order chi connectivity index (χ0) is 24.2. The van der Waals surface area contributed by atoms with E-state index in [-0.39, 0.29) is 4.32 Å². The predicted octanol–water partition coefficient (Wildman–Crippen LogP) is 6.99. The molecule has 0 bridgehead atoms. The summed E-state index contributed by atoms with van der Waals surface area (Å²) in [6.45, 7) is 0.369. The first-order chi connectivity index (χ1) is 16.3. The van der Waals surface area contributed by atoms with E-state index in [0.29, 0.717) is 27.8 Å². The molecule has 1 aliphatic heterocycles. The number of carbonyl (C=O) groups excluding carboxylic acids is 2. The number of benzene rings is 3. The normalized spacial score (nSPS) is 14.6. The van der Waals surface area contributed by atoms with Crippen LogP contribution in [0, 0.1) is 0 Å². The third kappa shape index (κ3) is 5.90. The van der Waals surface area contributed by atoms with E-state index in [9.17, 15) is 9.59 Å². The lowest BCUT2D eigenvalue weighted by molar-refractivity contribution is -0.123. The molecule has 1 saturated heterocycles. The Morgan fingerprint density at radius 1 is 1.09 bits per heavy atom. The van der Waals surface area contributed by atoms with Crippen molar-refractivity contribution in [2.75, 3.05) is 0 Å². The molecule has 2 amide bonds. The number of hydrazine groups is 1. The van der Waals surface area contributed by atoms with Gasteiger partial charge in [-0.15, -0.1) is 0 Å². The molecule has 0 aliphatic carbocycles. The monoisotopic (exact) mass is 636 g/mol. The summed E-state index contributed by atoms with van der Waals surface area (Å²) in [5.41, 5.74) is 4.74. The molecule has 1 N–H and O–H groups in total. The molecule has 172 valence electrons. The molecular weight excluding hydrogens is 624 g/mol. The van der Waals surface area contributed by atoms with Gasteiger partial charge in [-0.1, -0.05) is 53.7 Å². The van der Waals surface area contributed by atoms with Gasteiger partial charge in [-0.25, -0.2) is 0 Å². The van der Waals surface area contributed by atoms with Crippen molar-refractivity contribution in [1.29, 1.82) is 0 Å². The zero-order valence-electron chi connectivity index (χ0n) is 17.3. The van der Waals surface area contributed by atoms with Crippen LogP contribution in [0.4, 0.5) is 0 Å². The van der Waals surface area contributed by atoms with Gasteiger partial charge in [0, 0.05) is 10.6 Å². The lowest BCUT2D eigenvalue weighted by atomic mass is 10.2. The van der Waals surface area contributed by atoms with E-state index in [4.69, 9.17) is 28.6 Å². The molecule has 0 radical (unpaired) electrons. The fourth-order valence-electron chi connectivity index (χ4n) is 3.01.